The molecule has 3 aromatic carbocycles. The Balaban J connectivity index is 1.56. The van der Waals surface area contributed by atoms with Crippen LogP contribution < -0.4 is 19.8 Å². The van der Waals surface area contributed by atoms with Crippen molar-refractivity contribution < 1.29 is 24.1 Å². The summed E-state index contributed by atoms with van der Waals surface area (Å²) in [6.45, 7) is 4.58. The summed E-state index contributed by atoms with van der Waals surface area (Å²) in [5.74, 6) is 0.206. The van der Waals surface area contributed by atoms with Crippen LogP contribution in [0.4, 0.5) is 0 Å². The van der Waals surface area contributed by atoms with Gasteiger partial charge in [-0.1, -0.05) is 53.5 Å². The van der Waals surface area contributed by atoms with Crippen molar-refractivity contribution >= 4 is 29.1 Å². The third kappa shape index (κ3) is 6.08. The molecule has 0 bridgehead atoms. The minimum atomic E-state index is -0.723. The van der Waals surface area contributed by atoms with Crippen molar-refractivity contribution in [2.75, 3.05) is 47.0 Å². The summed E-state index contributed by atoms with van der Waals surface area (Å²) >= 11 is 12.6. The number of H-pyrrole nitrogens is 1. The average Bonchev–Trinajstić information content (AvgIpc) is 3.03. The van der Waals surface area contributed by atoms with Crippen molar-refractivity contribution in [1.29, 1.82) is 0 Å². The molecule has 44 heavy (non-hydrogen) atoms. The maximum Gasteiger partial charge on any atom is 0.265 e. The van der Waals surface area contributed by atoms with E-state index in [4.69, 9.17) is 37.4 Å². The fourth-order valence-corrected chi connectivity index (χ4v) is 5.84. The third-order valence-corrected chi connectivity index (χ3v) is 8.48. The molecule has 230 valence electrons. The van der Waals surface area contributed by atoms with Gasteiger partial charge in [-0.25, -0.2) is 0 Å². The molecule has 0 radical (unpaired) electrons. The van der Waals surface area contributed by atoms with Gasteiger partial charge in [0.1, 0.15) is 28.6 Å². The van der Waals surface area contributed by atoms with E-state index in [0.717, 1.165) is 5.56 Å². The molecule has 1 aromatic heterocycles. The van der Waals surface area contributed by atoms with Gasteiger partial charge in [-0.3, -0.25) is 14.5 Å². The van der Waals surface area contributed by atoms with E-state index in [1.54, 1.807) is 47.4 Å². The van der Waals surface area contributed by atoms with Crippen molar-refractivity contribution in [3.8, 4) is 45.4 Å². The molecule has 0 aliphatic carbocycles. The van der Waals surface area contributed by atoms with Crippen LogP contribution >= 0.6 is 23.2 Å². The number of carbonyl (C=O) groups excluding carboxylic acids is 1. The first-order chi connectivity index (χ1) is 21.3. The number of halogens is 2. The van der Waals surface area contributed by atoms with Crippen molar-refractivity contribution in [2.45, 2.75) is 13.5 Å². The van der Waals surface area contributed by atoms with E-state index < -0.39 is 17.2 Å². The highest BCUT2D eigenvalue weighted by Crippen LogP contribution is 2.48. The Morgan fingerprint density at radius 2 is 1.52 bits per heavy atom. The summed E-state index contributed by atoms with van der Waals surface area (Å²) in [4.78, 5) is 34.2. The summed E-state index contributed by atoms with van der Waals surface area (Å²) < 4.78 is 17.2. The van der Waals surface area contributed by atoms with Gasteiger partial charge in [0.2, 0.25) is 0 Å². The van der Waals surface area contributed by atoms with Crippen LogP contribution in [0.25, 0.3) is 22.4 Å². The monoisotopic (exact) mass is 637 g/mol. The molecule has 0 spiro atoms. The highest BCUT2D eigenvalue weighted by atomic mass is 35.5. The van der Waals surface area contributed by atoms with Gasteiger partial charge in [0.25, 0.3) is 11.5 Å². The third-order valence-electron chi connectivity index (χ3n) is 7.62. The van der Waals surface area contributed by atoms with Crippen LogP contribution in [0.5, 0.6) is 23.0 Å². The number of benzene rings is 3. The van der Waals surface area contributed by atoms with Crippen LogP contribution in [0.15, 0.2) is 65.5 Å². The molecule has 9 nitrogen and oxygen atoms in total. The molecule has 0 atom stereocenters. The number of aromatic hydroxyl groups is 1. The molecular weight excluding hydrogens is 605 g/mol. The Hall–Kier alpha value is -4.18. The smallest absolute Gasteiger partial charge is 0.265 e. The number of rotatable bonds is 9. The maximum absolute atomic E-state index is 13.9. The van der Waals surface area contributed by atoms with E-state index in [9.17, 15) is 14.7 Å². The first kappa shape index (κ1) is 31.3. The van der Waals surface area contributed by atoms with E-state index in [-0.39, 0.29) is 16.8 Å². The van der Waals surface area contributed by atoms with Gasteiger partial charge in [-0.15, -0.1) is 0 Å². The van der Waals surface area contributed by atoms with Crippen molar-refractivity contribution in [1.82, 2.24) is 14.8 Å². The number of aromatic nitrogens is 1. The van der Waals surface area contributed by atoms with Crippen LogP contribution in [-0.2, 0) is 6.54 Å². The van der Waals surface area contributed by atoms with Crippen molar-refractivity contribution in [3.63, 3.8) is 0 Å². The number of pyridine rings is 1. The topological polar surface area (TPSA) is 104 Å². The van der Waals surface area contributed by atoms with Gasteiger partial charge in [0.15, 0.2) is 0 Å². The van der Waals surface area contributed by atoms with Crippen LogP contribution in [0.3, 0.4) is 0 Å². The lowest BCUT2D eigenvalue weighted by Crippen LogP contribution is -2.49. The zero-order chi connectivity index (χ0) is 31.4. The molecule has 1 fully saturated rings. The molecule has 0 saturated carbocycles. The number of amides is 1. The number of nitrogens with zero attached hydrogens (tertiary/aromatic N) is 2. The van der Waals surface area contributed by atoms with E-state index in [1.165, 1.54) is 14.2 Å². The molecule has 11 heteroatoms. The van der Waals surface area contributed by atoms with E-state index in [0.29, 0.717) is 77.8 Å². The first-order valence-corrected chi connectivity index (χ1v) is 14.9. The highest BCUT2D eigenvalue weighted by molar-refractivity contribution is 6.42. The predicted molar refractivity (Wildman–Crippen MR) is 172 cm³/mol. The van der Waals surface area contributed by atoms with E-state index in [2.05, 4.69) is 9.88 Å². The number of para-hydroxylation sites is 1. The maximum atomic E-state index is 13.9. The second-order valence-electron chi connectivity index (χ2n) is 10.2. The number of nitrogens with one attached hydrogen (secondary N) is 1. The van der Waals surface area contributed by atoms with E-state index in [1.807, 2.05) is 25.1 Å². The van der Waals surface area contributed by atoms with Crippen molar-refractivity contribution in [3.05, 3.63) is 92.2 Å². The van der Waals surface area contributed by atoms with Crippen LogP contribution in [-0.4, -0.2) is 72.8 Å². The fourth-order valence-electron chi connectivity index (χ4n) is 5.46. The zero-order valence-electron chi connectivity index (χ0n) is 24.7. The minimum Gasteiger partial charge on any atom is -0.506 e. The Bertz CT molecular complexity index is 1710. The van der Waals surface area contributed by atoms with Crippen LogP contribution in [0.1, 0.15) is 22.8 Å². The normalized spacial score (nSPS) is 13.5. The number of hydrogen-bond acceptors (Lipinski definition) is 7. The predicted octanol–water partition coefficient (Wildman–Crippen LogP) is 6.10. The summed E-state index contributed by atoms with van der Waals surface area (Å²) in [6, 6.07) is 17.8. The lowest BCUT2D eigenvalue weighted by Gasteiger charge is -2.35. The second-order valence-corrected chi connectivity index (χ2v) is 11.0. The number of hydrogen-bond donors (Lipinski definition) is 2. The van der Waals surface area contributed by atoms with Crippen molar-refractivity contribution in [2.24, 2.45) is 0 Å². The average molecular weight is 639 g/mol. The highest BCUT2D eigenvalue weighted by Gasteiger charge is 2.32. The summed E-state index contributed by atoms with van der Waals surface area (Å²) in [6.07, 6.45) is 0. The summed E-state index contributed by atoms with van der Waals surface area (Å²) in [7, 11) is 2.99. The quantitative estimate of drug-likeness (QED) is 0.229. The molecule has 0 unspecified atom stereocenters. The van der Waals surface area contributed by atoms with Gasteiger partial charge in [0.05, 0.1) is 47.7 Å². The number of methoxy groups -OCH3 is 2. The summed E-state index contributed by atoms with van der Waals surface area (Å²) in [5, 5.41) is 12.9. The standard InChI is InChI=1S/C33H33Cl2N3O6/c1-4-44-23-12-6-5-10-21(23)30-27(26-24(42-2)13-8-14-25(26)43-3)31(39)28(32(40)36-30)33(41)38-17-15-37(16-18-38)19-20-9-7-11-22(34)29(20)35/h5-14H,4,15-19H2,1-3H3,(H2,36,39,40). The molecule has 2 N–H and O–H groups in total. The molecule has 5 rings (SSSR count). The van der Waals surface area contributed by atoms with Gasteiger partial charge in [-0.05, 0) is 42.8 Å². The van der Waals surface area contributed by atoms with Gasteiger partial charge >= 0.3 is 0 Å². The summed E-state index contributed by atoms with van der Waals surface area (Å²) in [5.41, 5.74) is 1.16. The lowest BCUT2D eigenvalue weighted by atomic mass is 9.94. The Morgan fingerprint density at radius 3 is 2.18 bits per heavy atom. The number of ether oxygens (including phenoxy) is 3. The second kappa shape index (κ2) is 13.6. The van der Waals surface area contributed by atoms with Crippen LogP contribution in [0, 0.1) is 0 Å². The zero-order valence-corrected chi connectivity index (χ0v) is 26.2. The molecule has 1 aliphatic rings. The molecular formula is C33H33Cl2N3O6. The first-order valence-electron chi connectivity index (χ1n) is 14.2. The Labute approximate surface area is 265 Å². The minimum absolute atomic E-state index is 0.184. The number of aromatic amines is 1. The molecule has 1 amide bonds. The lowest BCUT2D eigenvalue weighted by molar-refractivity contribution is 0.0624. The molecule has 1 saturated heterocycles. The number of carbonyl (C=O) groups is 1. The van der Waals surface area contributed by atoms with Gasteiger partial charge in [0, 0.05) is 38.3 Å². The SMILES string of the molecule is CCOc1ccccc1-c1[nH]c(=O)c(C(=O)N2CCN(Cc3cccc(Cl)c3Cl)CC2)c(O)c1-c1c(OC)cccc1OC. The Morgan fingerprint density at radius 1 is 0.886 bits per heavy atom. The fraction of sp³-hybridized carbons (Fsp3) is 0.273. The van der Waals surface area contributed by atoms with Gasteiger partial charge < -0.3 is 29.2 Å². The largest absolute Gasteiger partial charge is 0.506 e. The van der Waals surface area contributed by atoms with Gasteiger partial charge in [-0.2, -0.15) is 0 Å². The number of piperazine rings is 1. The Kier molecular flexibility index (Phi) is 9.68. The van der Waals surface area contributed by atoms with Crippen LogP contribution in [0.2, 0.25) is 10.0 Å². The van der Waals surface area contributed by atoms with E-state index >= 15 is 0 Å². The molecule has 1 aliphatic heterocycles. The molecule has 2 heterocycles. The molecule has 4 aromatic rings.